The highest BCUT2D eigenvalue weighted by molar-refractivity contribution is 8.00. The molecule has 1 heterocycles. The summed E-state index contributed by atoms with van der Waals surface area (Å²) in [7, 11) is 6.27. The van der Waals surface area contributed by atoms with Crippen molar-refractivity contribution in [2.75, 3.05) is 35.0 Å². The predicted octanol–water partition coefficient (Wildman–Crippen LogP) is 5.73. The number of hydrogen-bond donors (Lipinski definition) is 0. The van der Waals surface area contributed by atoms with Gasteiger partial charge in [0, 0.05) is 16.6 Å². The van der Waals surface area contributed by atoms with Crippen LogP contribution < -0.4 is 23.7 Å². The molecule has 0 saturated carbocycles. The number of nitro groups is 1. The number of thioether (sulfide) groups is 1. The largest absolute Gasteiger partial charge is 0.493 e. The SMILES string of the molecule is CCCOc1c(OC)cc([C@H]2CC[C@H](c3cc(OC)c(OC)c(OC)c3)S2)cc1[N+](=O)[O-]. The maximum absolute atomic E-state index is 11.7. The first-order valence-corrected chi connectivity index (χ1v) is 11.4. The second kappa shape index (κ2) is 10.7. The summed E-state index contributed by atoms with van der Waals surface area (Å²) in [6, 6.07) is 7.40. The molecule has 3 rings (SSSR count). The molecule has 0 unspecified atom stereocenters. The highest BCUT2D eigenvalue weighted by atomic mass is 32.2. The number of rotatable bonds is 10. The van der Waals surface area contributed by atoms with E-state index in [0.29, 0.717) is 29.6 Å². The van der Waals surface area contributed by atoms with Gasteiger partial charge in [-0.3, -0.25) is 10.1 Å². The van der Waals surface area contributed by atoms with Crippen molar-refractivity contribution in [3.05, 3.63) is 45.5 Å². The molecule has 0 amide bonds. The van der Waals surface area contributed by atoms with Gasteiger partial charge >= 0.3 is 5.69 Å². The Bertz CT molecular complexity index is 941. The lowest BCUT2D eigenvalue weighted by atomic mass is 10.0. The summed E-state index contributed by atoms with van der Waals surface area (Å²) >= 11 is 1.76. The maximum Gasteiger partial charge on any atom is 0.315 e. The van der Waals surface area contributed by atoms with Gasteiger partial charge in [0.15, 0.2) is 17.2 Å². The molecule has 2 atom stereocenters. The van der Waals surface area contributed by atoms with Crippen LogP contribution in [0.15, 0.2) is 24.3 Å². The van der Waals surface area contributed by atoms with Gasteiger partial charge in [-0.1, -0.05) is 6.92 Å². The second-order valence-corrected chi connectivity index (χ2v) is 8.74. The second-order valence-electron chi connectivity index (χ2n) is 7.33. The van der Waals surface area contributed by atoms with Gasteiger partial charge in [-0.15, -0.1) is 11.8 Å². The Morgan fingerprint density at radius 1 is 0.875 bits per heavy atom. The molecule has 0 aromatic heterocycles. The fraction of sp³-hybridized carbons (Fsp3) is 0.478. The molecule has 0 aliphatic carbocycles. The molecule has 0 bridgehead atoms. The van der Waals surface area contributed by atoms with Crippen molar-refractivity contribution in [3.63, 3.8) is 0 Å². The molecule has 0 radical (unpaired) electrons. The molecule has 8 nitrogen and oxygen atoms in total. The van der Waals surface area contributed by atoms with Crippen molar-refractivity contribution in [2.24, 2.45) is 0 Å². The van der Waals surface area contributed by atoms with E-state index in [4.69, 9.17) is 23.7 Å². The Morgan fingerprint density at radius 3 is 1.81 bits per heavy atom. The average molecular weight is 464 g/mol. The fourth-order valence-corrected chi connectivity index (χ4v) is 5.37. The zero-order chi connectivity index (χ0) is 23.3. The molecule has 1 aliphatic rings. The summed E-state index contributed by atoms with van der Waals surface area (Å²) in [6.45, 7) is 2.34. The minimum absolute atomic E-state index is 0.0652. The fourth-order valence-electron chi connectivity index (χ4n) is 3.85. The number of methoxy groups -OCH3 is 4. The zero-order valence-corrected chi connectivity index (χ0v) is 19.8. The normalized spacial score (nSPS) is 17.7. The predicted molar refractivity (Wildman–Crippen MR) is 124 cm³/mol. The van der Waals surface area contributed by atoms with E-state index in [2.05, 4.69) is 0 Å². The highest BCUT2D eigenvalue weighted by Gasteiger charge is 2.32. The summed E-state index contributed by atoms with van der Waals surface area (Å²) in [4.78, 5) is 11.3. The van der Waals surface area contributed by atoms with Gasteiger partial charge in [0.25, 0.3) is 0 Å². The lowest BCUT2D eigenvalue weighted by Crippen LogP contribution is -2.03. The number of nitro benzene ring substituents is 1. The number of benzene rings is 2. The molecule has 174 valence electrons. The van der Waals surface area contributed by atoms with E-state index < -0.39 is 4.92 Å². The topological polar surface area (TPSA) is 89.3 Å². The molecule has 2 aromatic rings. The van der Waals surface area contributed by atoms with Crippen LogP contribution in [0.2, 0.25) is 0 Å². The van der Waals surface area contributed by atoms with Crippen molar-refractivity contribution in [3.8, 4) is 28.7 Å². The summed E-state index contributed by atoms with van der Waals surface area (Å²) in [6.07, 6.45) is 2.54. The van der Waals surface area contributed by atoms with Gasteiger partial charge in [0.05, 0.1) is 40.0 Å². The lowest BCUT2D eigenvalue weighted by Gasteiger charge is -2.18. The van der Waals surface area contributed by atoms with Crippen LogP contribution in [-0.2, 0) is 0 Å². The van der Waals surface area contributed by atoms with Crippen molar-refractivity contribution in [1.29, 1.82) is 0 Å². The van der Waals surface area contributed by atoms with E-state index >= 15 is 0 Å². The summed E-state index contributed by atoms with van der Waals surface area (Å²) in [5, 5.41) is 12.0. The molecule has 2 aromatic carbocycles. The highest BCUT2D eigenvalue weighted by Crippen LogP contribution is 2.56. The van der Waals surface area contributed by atoms with Crippen molar-refractivity contribution in [2.45, 2.75) is 36.7 Å². The van der Waals surface area contributed by atoms with Crippen molar-refractivity contribution >= 4 is 17.4 Å². The standard InChI is InChI=1S/C23H29NO7S/c1-6-9-31-22-16(24(25)26)10-14(11-17(22)27-2)20-7-8-21(32-20)15-12-18(28-3)23(30-5)19(13-15)29-4/h10-13,20-21H,6-9H2,1-5H3/t20-,21-/m1/s1. The third-order valence-electron chi connectivity index (χ3n) is 5.37. The maximum atomic E-state index is 11.7. The summed E-state index contributed by atoms with van der Waals surface area (Å²) in [5.41, 5.74) is 1.86. The van der Waals surface area contributed by atoms with Crippen LogP contribution >= 0.6 is 11.8 Å². The van der Waals surface area contributed by atoms with Crippen LogP contribution in [-0.4, -0.2) is 40.0 Å². The molecular formula is C23H29NO7S. The molecule has 0 spiro atoms. The third-order valence-corrected chi connectivity index (χ3v) is 7.05. The Kier molecular flexibility index (Phi) is 7.95. The smallest absolute Gasteiger partial charge is 0.315 e. The van der Waals surface area contributed by atoms with Gasteiger partial charge in [-0.2, -0.15) is 0 Å². The van der Waals surface area contributed by atoms with E-state index in [1.54, 1.807) is 39.2 Å². The first-order valence-electron chi connectivity index (χ1n) is 10.4. The Balaban J connectivity index is 1.91. The van der Waals surface area contributed by atoms with Gasteiger partial charge in [0.1, 0.15) is 0 Å². The summed E-state index contributed by atoms with van der Waals surface area (Å²) in [5.74, 6) is 2.36. The van der Waals surface area contributed by atoms with Crippen LogP contribution in [0.3, 0.4) is 0 Å². The van der Waals surface area contributed by atoms with Gasteiger partial charge < -0.3 is 23.7 Å². The molecule has 9 heteroatoms. The Hall–Kier alpha value is -2.81. The molecule has 0 N–H and O–H groups in total. The van der Waals surface area contributed by atoms with Crippen LogP contribution in [0.1, 0.15) is 47.8 Å². The van der Waals surface area contributed by atoms with Crippen molar-refractivity contribution in [1.82, 2.24) is 0 Å². The number of ether oxygens (including phenoxy) is 5. The monoisotopic (exact) mass is 463 g/mol. The van der Waals surface area contributed by atoms with Gasteiger partial charge in [-0.05, 0) is 48.6 Å². The van der Waals surface area contributed by atoms with E-state index in [-0.39, 0.29) is 21.9 Å². The van der Waals surface area contributed by atoms with Crippen LogP contribution in [0.4, 0.5) is 5.69 Å². The average Bonchev–Trinajstić information content (AvgIpc) is 3.31. The van der Waals surface area contributed by atoms with Crippen molar-refractivity contribution < 1.29 is 28.6 Å². The van der Waals surface area contributed by atoms with Crippen LogP contribution in [0.25, 0.3) is 0 Å². The molecule has 1 aliphatic heterocycles. The van der Waals surface area contributed by atoms with Crippen LogP contribution in [0.5, 0.6) is 28.7 Å². The molecule has 32 heavy (non-hydrogen) atoms. The quantitative estimate of drug-likeness (QED) is 0.326. The molecule has 1 fully saturated rings. The van der Waals surface area contributed by atoms with Crippen LogP contribution in [0, 0.1) is 10.1 Å². The first-order chi connectivity index (χ1) is 15.5. The van der Waals surface area contributed by atoms with Gasteiger partial charge in [0.2, 0.25) is 11.5 Å². The minimum atomic E-state index is -0.409. The Labute approximate surface area is 192 Å². The molecular weight excluding hydrogens is 434 g/mol. The zero-order valence-electron chi connectivity index (χ0n) is 19.0. The number of nitrogens with zero attached hydrogens (tertiary/aromatic N) is 1. The third kappa shape index (κ3) is 4.82. The Morgan fingerprint density at radius 2 is 1.38 bits per heavy atom. The van der Waals surface area contributed by atoms with E-state index in [1.165, 1.54) is 7.11 Å². The van der Waals surface area contributed by atoms with E-state index in [1.807, 2.05) is 25.1 Å². The molecule has 1 saturated heterocycles. The lowest BCUT2D eigenvalue weighted by molar-refractivity contribution is -0.386. The number of hydrogen-bond acceptors (Lipinski definition) is 8. The first kappa shape index (κ1) is 23.8. The van der Waals surface area contributed by atoms with E-state index in [9.17, 15) is 10.1 Å². The summed E-state index contributed by atoms with van der Waals surface area (Å²) < 4.78 is 27.5. The van der Waals surface area contributed by atoms with Gasteiger partial charge in [-0.25, -0.2) is 0 Å². The minimum Gasteiger partial charge on any atom is -0.493 e. The van der Waals surface area contributed by atoms with E-state index in [0.717, 1.165) is 30.4 Å².